The molecule has 2 aliphatic rings. The number of nitrogens with zero attached hydrogens (tertiary/aromatic N) is 4. The largest absolute Gasteiger partial charge is 0.497 e. The van der Waals surface area contributed by atoms with Gasteiger partial charge >= 0.3 is 6.03 Å². The Balaban J connectivity index is 1.52. The number of nitrogens with one attached hydrogen (secondary N) is 5. The molecule has 4 atom stereocenters. The number of benzene rings is 1. The second-order valence-corrected chi connectivity index (χ2v) is 16.8. The number of urea groups is 1. The van der Waals surface area contributed by atoms with Crippen molar-refractivity contribution in [3.05, 3.63) is 42.7 Å². The van der Waals surface area contributed by atoms with E-state index >= 15 is 0 Å². The van der Waals surface area contributed by atoms with Gasteiger partial charge in [0.1, 0.15) is 17.8 Å². The average Bonchev–Trinajstić information content (AvgIpc) is 3.58. The highest BCUT2D eigenvalue weighted by molar-refractivity contribution is 6.38. The third-order valence-electron chi connectivity index (χ3n) is 9.53. The summed E-state index contributed by atoms with van der Waals surface area (Å²) < 4.78 is 7.12. The summed E-state index contributed by atoms with van der Waals surface area (Å²) in [6, 6.07) is 5.52. The number of rotatable bonds is 13. The zero-order chi connectivity index (χ0) is 39.6. The predicted molar refractivity (Wildman–Crippen MR) is 205 cm³/mol. The Labute approximate surface area is 316 Å². The molecular formula is C39H55N9O6. The molecule has 1 aliphatic carbocycles. The van der Waals surface area contributed by atoms with Crippen molar-refractivity contribution in [3.8, 4) is 11.6 Å². The number of fused-ring (bicyclic) bond motifs is 1. The van der Waals surface area contributed by atoms with Crippen LogP contribution in [0.25, 0.3) is 16.7 Å². The van der Waals surface area contributed by atoms with Crippen LogP contribution in [0.3, 0.4) is 0 Å². The van der Waals surface area contributed by atoms with Crippen LogP contribution in [0.5, 0.6) is 5.75 Å². The van der Waals surface area contributed by atoms with Crippen molar-refractivity contribution in [3.63, 3.8) is 0 Å². The number of hydrogen-bond acceptors (Lipinski definition) is 9. The second kappa shape index (κ2) is 15.6. The van der Waals surface area contributed by atoms with Gasteiger partial charge < -0.3 is 36.2 Å². The molecule has 0 bridgehead atoms. The topological polar surface area (TPSA) is 189 Å². The highest BCUT2D eigenvalue weighted by atomic mass is 16.5. The number of ether oxygens (including phenoxy) is 1. The molecule has 0 spiro atoms. The molecule has 15 heteroatoms. The van der Waals surface area contributed by atoms with E-state index in [1.165, 1.54) is 4.90 Å². The maximum atomic E-state index is 14.7. The molecule has 2 fully saturated rings. The maximum absolute atomic E-state index is 14.7. The first-order valence-electron chi connectivity index (χ1n) is 18.6. The summed E-state index contributed by atoms with van der Waals surface area (Å²) in [5, 5.41) is 20.1. The van der Waals surface area contributed by atoms with E-state index in [1.807, 2.05) is 79.7 Å². The normalized spacial score (nSPS) is 19.8. The summed E-state index contributed by atoms with van der Waals surface area (Å²) in [5.74, 6) is -1.29. The van der Waals surface area contributed by atoms with E-state index in [-0.39, 0.29) is 25.4 Å². The lowest BCUT2D eigenvalue weighted by molar-refractivity contribution is -0.144. The third kappa shape index (κ3) is 9.66. The fourth-order valence-electron chi connectivity index (χ4n) is 6.71. The van der Waals surface area contributed by atoms with Gasteiger partial charge in [-0.25, -0.2) is 14.5 Å². The SMILES string of the molecule is CCC[C@H](NC(=O)[C@@H]1C[C@](C)(Nc2cc(-n3cccn3)nc3cc(OC)ccc23)CN1C(=O)[C@@H](NC(=O)NC(C)(C)C)C(C)(C)C)C(=O)C(=O)NC1CC1. The van der Waals surface area contributed by atoms with Crippen molar-refractivity contribution in [2.45, 2.75) is 123 Å². The predicted octanol–water partition coefficient (Wildman–Crippen LogP) is 3.85. The zero-order valence-corrected chi connectivity index (χ0v) is 32.8. The van der Waals surface area contributed by atoms with Gasteiger partial charge in [0.05, 0.1) is 24.2 Å². The summed E-state index contributed by atoms with van der Waals surface area (Å²) in [5.41, 5.74) is -0.874. The Morgan fingerprint density at radius 2 is 1.76 bits per heavy atom. The van der Waals surface area contributed by atoms with Crippen LogP contribution in [0, 0.1) is 5.41 Å². The van der Waals surface area contributed by atoms with Crippen molar-refractivity contribution in [1.29, 1.82) is 0 Å². The third-order valence-corrected chi connectivity index (χ3v) is 9.53. The molecule has 1 aliphatic heterocycles. The monoisotopic (exact) mass is 745 g/mol. The summed E-state index contributed by atoms with van der Waals surface area (Å²) in [4.78, 5) is 74.7. The summed E-state index contributed by atoms with van der Waals surface area (Å²) in [6.07, 6.45) is 6.00. The van der Waals surface area contributed by atoms with Crippen LogP contribution in [-0.2, 0) is 19.2 Å². The number of pyridine rings is 1. The minimum absolute atomic E-state index is 0.0226. The number of Topliss-reactive ketones (excluding diaryl/α,β-unsaturated/α-hetero) is 1. The Morgan fingerprint density at radius 3 is 2.35 bits per heavy atom. The minimum atomic E-state index is -1.07. The summed E-state index contributed by atoms with van der Waals surface area (Å²) in [7, 11) is 1.58. The lowest BCUT2D eigenvalue weighted by Crippen LogP contribution is -2.61. The number of likely N-dealkylation sites (tertiary alicyclic amines) is 1. The summed E-state index contributed by atoms with van der Waals surface area (Å²) in [6.45, 7) is 14.9. The van der Waals surface area contributed by atoms with E-state index in [9.17, 15) is 24.0 Å². The number of aromatic nitrogens is 3. The van der Waals surface area contributed by atoms with Crippen molar-refractivity contribution in [2.24, 2.45) is 5.41 Å². The molecule has 292 valence electrons. The van der Waals surface area contributed by atoms with Gasteiger partial charge in [-0.15, -0.1) is 0 Å². The highest BCUT2D eigenvalue weighted by Crippen LogP contribution is 2.36. The van der Waals surface area contributed by atoms with Gasteiger partial charge in [-0.3, -0.25) is 19.2 Å². The van der Waals surface area contributed by atoms with Crippen molar-refractivity contribution >= 4 is 46.1 Å². The molecular weight excluding hydrogens is 690 g/mol. The molecule has 1 saturated heterocycles. The Kier molecular flexibility index (Phi) is 11.6. The average molecular weight is 746 g/mol. The van der Waals surface area contributed by atoms with E-state index in [1.54, 1.807) is 30.3 Å². The fraction of sp³-hybridized carbons (Fsp3) is 0.564. The highest BCUT2D eigenvalue weighted by Gasteiger charge is 2.50. The number of hydrogen-bond donors (Lipinski definition) is 5. The number of carbonyl (C=O) groups is 5. The van der Waals surface area contributed by atoms with Crippen molar-refractivity contribution in [1.82, 2.24) is 40.9 Å². The Morgan fingerprint density at radius 1 is 1.04 bits per heavy atom. The lowest BCUT2D eigenvalue weighted by Gasteiger charge is -2.36. The molecule has 0 unspecified atom stereocenters. The van der Waals surface area contributed by atoms with Gasteiger partial charge in [-0.1, -0.05) is 34.1 Å². The number of carbonyl (C=O) groups excluding carboxylic acids is 5. The molecule has 0 radical (unpaired) electrons. The molecule has 3 heterocycles. The molecule has 3 aromatic rings. The van der Waals surface area contributed by atoms with E-state index in [0.717, 1.165) is 18.2 Å². The smallest absolute Gasteiger partial charge is 0.315 e. The second-order valence-electron chi connectivity index (χ2n) is 16.8. The van der Waals surface area contributed by atoms with Crippen LogP contribution < -0.4 is 31.3 Å². The molecule has 54 heavy (non-hydrogen) atoms. The van der Waals surface area contributed by atoms with Crippen LogP contribution in [-0.4, -0.2) is 98.1 Å². The molecule has 1 aromatic carbocycles. The molecule has 5 rings (SSSR count). The lowest BCUT2D eigenvalue weighted by atomic mass is 9.85. The van der Waals surface area contributed by atoms with Gasteiger partial charge in [0.15, 0.2) is 5.82 Å². The van der Waals surface area contributed by atoms with Crippen LogP contribution in [0.1, 0.15) is 87.5 Å². The zero-order valence-electron chi connectivity index (χ0n) is 32.8. The van der Waals surface area contributed by atoms with Crippen LogP contribution in [0.4, 0.5) is 10.5 Å². The van der Waals surface area contributed by atoms with E-state index in [0.29, 0.717) is 29.2 Å². The van der Waals surface area contributed by atoms with E-state index in [4.69, 9.17) is 9.72 Å². The number of methoxy groups -OCH3 is 1. The van der Waals surface area contributed by atoms with Gasteiger partial charge in [0.2, 0.25) is 17.6 Å². The van der Waals surface area contributed by atoms with E-state index in [2.05, 4.69) is 31.7 Å². The quantitative estimate of drug-likeness (QED) is 0.162. The molecule has 1 saturated carbocycles. The Hall–Kier alpha value is -5.21. The number of ketones is 1. The van der Waals surface area contributed by atoms with Gasteiger partial charge in [0, 0.05) is 60.1 Å². The van der Waals surface area contributed by atoms with E-state index < -0.39 is 64.2 Å². The standard InChI is InChI=1S/C39H55N9O6/c1-10-12-26(31(49)34(51)41-23-13-14-23)43-33(50)29-21-39(8,22-47(29)35(52)32(37(2,3)4)44-36(53)46-38(5,6)7)45-28-20-30(48-18-11-17-40-48)42-27-19-24(54-9)15-16-25(27)28/h11,15-20,23,26,29,32H,10,12-14,21-22H2,1-9H3,(H,41,51)(H,42,45)(H,43,50)(H2,44,46,53)/t26-,29-,32+,39-/m0/s1. The Bertz CT molecular complexity index is 1880. The molecule has 5 N–H and O–H groups in total. The van der Waals surface area contributed by atoms with Gasteiger partial charge in [0.25, 0.3) is 5.91 Å². The van der Waals surface area contributed by atoms with Gasteiger partial charge in [-0.2, -0.15) is 5.10 Å². The fourth-order valence-corrected chi connectivity index (χ4v) is 6.71. The molecule has 15 nitrogen and oxygen atoms in total. The first kappa shape index (κ1) is 40.0. The van der Waals surface area contributed by atoms with Gasteiger partial charge in [-0.05, 0) is 70.6 Å². The first-order chi connectivity index (χ1) is 25.3. The molecule has 2 aromatic heterocycles. The van der Waals surface area contributed by atoms with Crippen LogP contribution in [0.2, 0.25) is 0 Å². The van der Waals surface area contributed by atoms with Crippen molar-refractivity contribution in [2.75, 3.05) is 19.0 Å². The summed E-state index contributed by atoms with van der Waals surface area (Å²) >= 11 is 0. The van der Waals surface area contributed by atoms with Crippen LogP contribution in [0.15, 0.2) is 42.7 Å². The molecule has 5 amide bonds. The van der Waals surface area contributed by atoms with Crippen LogP contribution >= 0.6 is 0 Å². The number of anilines is 1. The first-order valence-corrected chi connectivity index (χ1v) is 18.6. The number of amides is 5. The maximum Gasteiger partial charge on any atom is 0.315 e. The van der Waals surface area contributed by atoms with Crippen molar-refractivity contribution < 1.29 is 28.7 Å². The minimum Gasteiger partial charge on any atom is -0.497 e.